The molecule has 0 bridgehead atoms. The Kier molecular flexibility index (Phi) is 3.03. The Morgan fingerprint density at radius 2 is 1.83 bits per heavy atom. The van der Waals surface area contributed by atoms with Crippen LogP contribution >= 0.6 is 23.2 Å². The van der Waals surface area contributed by atoms with Gasteiger partial charge in [0.1, 0.15) is 0 Å². The lowest BCUT2D eigenvalue weighted by molar-refractivity contribution is 0.0894. The van der Waals surface area contributed by atoms with E-state index < -0.39 is 0 Å². The second-order valence-corrected chi connectivity index (χ2v) is 6.10. The lowest BCUT2D eigenvalue weighted by Gasteiger charge is -2.15. The minimum Gasteiger partial charge on any atom is -0.397 e. The summed E-state index contributed by atoms with van der Waals surface area (Å²) in [6.45, 7) is 0. The Balaban J connectivity index is 2.01. The van der Waals surface area contributed by atoms with Gasteiger partial charge in [-0.2, -0.15) is 0 Å². The first kappa shape index (κ1) is 12.3. The maximum absolute atomic E-state index is 12.5. The molecule has 1 saturated carbocycles. The second-order valence-electron chi connectivity index (χ2n) is 5.35. The van der Waals surface area contributed by atoms with E-state index in [1.165, 1.54) is 12.8 Å². The second kappa shape index (κ2) is 4.43. The van der Waals surface area contributed by atoms with Gasteiger partial charge in [-0.3, -0.25) is 4.79 Å². The summed E-state index contributed by atoms with van der Waals surface area (Å²) >= 11 is 12.2. The van der Waals surface area contributed by atoms with Crippen molar-refractivity contribution in [3.63, 3.8) is 0 Å². The highest BCUT2D eigenvalue weighted by atomic mass is 35.5. The molecule has 2 aliphatic carbocycles. The molecule has 0 amide bonds. The molecule has 2 N–H and O–H groups in total. The largest absolute Gasteiger partial charge is 0.397 e. The van der Waals surface area contributed by atoms with Crippen molar-refractivity contribution in [3.05, 3.63) is 27.2 Å². The molecule has 2 nitrogen and oxygen atoms in total. The highest BCUT2D eigenvalue weighted by Crippen LogP contribution is 2.44. The average molecular weight is 284 g/mol. The van der Waals surface area contributed by atoms with Crippen molar-refractivity contribution in [1.82, 2.24) is 0 Å². The van der Waals surface area contributed by atoms with Gasteiger partial charge in [0.25, 0.3) is 0 Å². The van der Waals surface area contributed by atoms with Crippen LogP contribution in [0.15, 0.2) is 6.07 Å². The van der Waals surface area contributed by atoms with Crippen LogP contribution in [0.2, 0.25) is 10.0 Å². The molecule has 1 atom stereocenters. The van der Waals surface area contributed by atoms with E-state index in [0.29, 0.717) is 27.2 Å². The number of halogens is 2. The van der Waals surface area contributed by atoms with Crippen LogP contribution < -0.4 is 5.73 Å². The van der Waals surface area contributed by atoms with Gasteiger partial charge >= 0.3 is 0 Å². The first-order valence-corrected chi connectivity index (χ1v) is 7.15. The minimum atomic E-state index is 0.0952. The number of fused-ring (bicyclic) bond motifs is 1. The molecule has 0 heterocycles. The van der Waals surface area contributed by atoms with E-state index in [1.807, 2.05) is 6.07 Å². The molecule has 0 saturated heterocycles. The molecule has 1 aromatic rings. The van der Waals surface area contributed by atoms with E-state index in [-0.39, 0.29) is 11.7 Å². The van der Waals surface area contributed by atoms with Crippen LogP contribution in [0.25, 0.3) is 0 Å². The number of rotatable bonds is 1. The third-order valence-corrected chi connectivity index (χ3v) is 5.19. The standard InChI is InChI=1S/C14H15Cl2NO/c15-12-10(17)6-8-5-9(7-3-1-2-4-7)14(18)11(8)13(12)16/h6-7,9H,1-5,17H2/t9-/m0/s1. The summed E-state index contributed by atoms with van der Waals surface area (Å²) in [6, 6.07) is 1.82. The van der Waals surface area contributed by atoms with E-state index in [1.54, 1.807) is 0 Å². The summed E-state index contributed by atoms with van der Waals surface area (Å²) in [5, 5.41) is 0.660. The maximum Gasteiger partial charge on any atom is 0.168 e. The van der Waals surface area contributed by atoms with Crippen molar-refractivity contribution in [3.8, 4) is 0 Å². The Hall–Kier alpha value is -0.730. The van der Waals surface area contributed by atoms with Gasteiger partial charge in [0.2, 0.25) is 0 Å². The molecule has 4 heteroatoms. The molecule has 0 spiro atoms. The van der Waals surface area contributed by atoms with Crippen molar-refractivity contribution in [2.45, 2.75) is 32.1 Å². The number of hydrogen-bond donors (Lipinski definition) is 1. The molecule has 2 aliphatic rings. The molecule has 18 heavy (non-hydrogen) atoms. The van der Waals surface area contributed by atoms with Crippen molar-refractivity contribution in [2.75, 3.05) is 5.73 Å². The zero-order valence-corrected chi connectivity index (χ0v) is 11.5. The van der Waals surface area contributed by atoms with Gasteiger partial charge < -0.3 is 5.73 Å². The third kappa shape index (κ3) is 1.74. The summed E-state index contributed by atoms with van der Waals surface area (Å²) in [4.78, 5) is 12.5. The van der Waals surface area contributed by atoms with Crippen molar-refractivity contribution in [2.24, 2.45) is 11.8 Å². The highest BCUT2D eigenvalue weighted by Gasteiger charge is 2.39. The highest BCUT2D eigenvalue weighted by molar-refractivity contribution is 6.45. The minimum absolute atomic E-state index is 0.0952. The van der Waals surface area contributed by atoms with Gasteiger partial charge in [-0.1, -0.05) is 36.0 Å². The predicted molar refractivity (Wildman–Crippen MR) is 74.4 cm³/mol. The van der Waals surface area contributed by atoms with Crippen LogP contribution in [0.1, 0.15) is 41.6 Å². The molecule has 1 aromatic carbocycles. The Morgan fingerprint density at radius 3 is 2.50 bits per heavy atom. The number of carbonyl (C=O) groups is 1. The molecule has 96 valence electrons. The number of anilines is 1. The van der Waals surface area contributed by atoms with Gasteiger partial charge in [0.15, 0.2) is 5.78 Å². The molecule has 0 aliphatic heterocycles. The van der Waals surface area contributed by atoms with Gasteiger partial charge in [0.05, 0.1) is 15.7 Å². The average Bonchev–Trinajstić information content (AvgIpc) is 2.94. The molecule has 0 radical (unpaired) electrons. The first-order chi connectivity index (χ1) is 8.59. The number of ketones is 1. The zero-order valence-electron chi connectivity index (χ0n) is 10.0. The summed E-state index contributed by atoms with van der Waals surface area (Å²) in [5.41, 5.74) is 7.88. The monoisotopic (exact) mass is 283 g/mol. The normalized spacial score (nSPS) is 23.7. The van der Waals surface area contributed by atoms with Crippen LogP contribution in [0.3, 0.4) is 0 Å². The van der Waals surface area contributed by atoms with E-state index in [2.05, 4.69) is 0 Å². The number of nitrogens with two attached hydrogens (primary N) is 1. The van der Waals surface area contributed by atoms with Crippen molar-refractivity contribution < 1.29 is 4.79 Å². The van der Waals surface area contributed by atoms with Crippen LogP contribution in [0.5, 0.6) is 0 Å². The van der Waals surface area contributed by atoms with Crippen LogP contribution in [-0.4, -0.2) is 5.78 Å². The Bertz CT molecular complexity index is 521. The van der Waals surface area contributed by atoms with E-state index in [0.717, 1.165) is 24.8 Å². The van der Waals surface area contributed by atoms with E-state index in [9.17, 15) is 4.79 Å². The van der Waals surface area contributed by atoms with Crippen molar-refractivity contribution in [1.29, 1.82) is 0 Å². The molecule has 0 unspecified atom stereocenters. The number of Topliss-reactive ketones (excluding diaryl/α,β-unsaturated/α-hetero) is 1. The fourth-order valence-electron chi connectivity index (χ4n) is 3.38. The molecule has 0 aromatic heterocycles. The van der Waals surface area contributed by atoms with E-state index in [4.69, 9.17) is 28.9 Å². The van der Waals surface area contributed by atoms with Gasteiger partial charge in [-0.05, 0) is 36.8 Å². The van der Waals surface area contributed by atoms with E-state index >= 15 is 0 Å². The number of hydrogen-bond acceptors (Lipinski definition) is 2. The fraction of sp³-hybridized carbons (Fsp3) is 0.500. The molecular weight excluding hydrogens is 269 g/mol. The number of nitrogen functional groups attached to an aromatic ring is 1. The summed E-state index contributed by atoms with van der Waals surface area (Å²) < 4.78 is 0. The SMILES string of the molecule is Nc1cc2c(c(Cl)c1Cl)C(=O)[C@H](C1CCCC1)C2. The number of carbonyl (C=O) groups excluding carboxylic acids is 1. The zero-order chi connectivity index (χ0) is 12.9. The predicted octanol–water partition coefficient (Wildman–Crippen LogP) is 4.12. The molecular formula is C14H15Cl2NO. The fourth-order valence-corrected chi connectivity index (χ4v) is 3.86. The van der Waals surface area contributed by atoms with Crippen LogP contribution in [0, 0.1) is 11.8 Å². The first-order valence-electron chi connectivity index (χ1n) is 6.40. The molecule has 1 fully saturated rings. The smallest absolute Gasteiger partial charge is 0.168 e. The van der Waals surface area contributed by atoms with Crippen LogP contribution in [-0.2, 0) is 6.42 Å². The lowest BCUT2D eigenvalue weighted by atomic mass is 9.88. The molecule has 3 rings (SSSR count). The van der Waals surface area contributed by atoms with Gasteiger partial charge in [0, 0.05) is 11.5 Å². The maximum atomic E-state index is 12.5. The summed E-state index contributed by atoms with van der Waals surface area (Å²) in [7, 11) is 0. The topological polar surface area (TPSA) is 43.1 Å². The van der Waals surface area contributed by atoms with Gasteiger partial charge in [-0.25, -0.2) is 0 Å². The Morgan fingerprint density at radius 1 is 1.17 bits per heavy atom. The summed E-state index contributed by atoms with van der Waals surface area (Å²) in [6.07, 6.45) is 5.57. The summed E-state index contributed by atoms with van der Waals surface area (Å²) in [5.74, 6) is 0.780. The third-order valence-electron chi connectivity index (χ3n) is 4.31. The van der Waals surface area contributed by atoms with Gasteiger partial charge in [-0.15, -0.1) is 0 Å². The lowest BCUT2D eigenvalue weighted by Crippen LogP contribution is -2.18. The Labute approximate surface area is 116 Å². The van der Waals surface area contributed by atoms with Crippen LogP contribution in [0.4, 0.5) is 5.69 Å². The number of benzene rings is 1. The quantitative estimate of drug-likeness (QED) is 0.788. The van der Waals surface area contributed by atoms with Crippen molar-refractivity contribution >= 4 is 34.7 Å².